The van der Waals surface area contributed by atoms with Crippen LogP contribution in [0, 0.1) is 11.8 Å². The van der Waals surface area contributed by atoms with Gasteiger partial charge in [0.1, 0.15) is 24.5 Å². The Morgan fingerprint density at radius 2 is 2.04 bits per heavy atom. The van der Waals surface area contributed by atoms with Crippen LogP contribution >= 0.6 is 0 Å². The highest BCUT2D eigenvalue weighted by molar-refractivity contribution is 7.89. The first-order valence-electron chi connectivity index (χ1n) is 8.60. The Morgan fingerprint density at radius 1 is 1.39 bits per heavy atom. The van der Waals surface area contributed by atoms with Crippen LogP contribution in [-0.2, 0) is 19.6 Å². The molecule has 1 aliphatic rings. The van der Waals surface area contributed by atoms with Crippen molar-refractivity contribution in [3.8, 4) is 17.6 Å². The number of rotatable bonds is 6. The number of aliphatic carboxylic acids is 1. The van der Waals surface area contributed by atoms with Gasteiger partial charge >= 0.3 is 5.97 Å². The fourth-order valence-electron chi connectivity index (χ4n) is 2.66. The van der Waals surface area contributed by atoms with Gasteiger partial charge < -0.3 is 20.3 Å². The molecule has 152 valence electrons. The van der Waals surface area contributed by atoms with Crippen LogP contribution in [0.1, 0.15) is 20.3 Å². The van der Waals surface area contributed by atoms with Gasteiger partial charge in [-0.25, -0.2) is 8.42 Å². The summed E-state index contributed by atoms with van der Waals surface area (Å²) in [5.74, 6) is 3.69. The van der Waals surface area contributed by atoms with Crippen molar-refractivity contribution in [3.05, 3.63) is 24.3 Å². The Morgan fingerprint density at radius 3 is 2.61 bits per heavy atom. The van der Waals surface area contributed by atoms with Gasteiger partial charge in [0.05, 0.1) is 17.5 Å². The first kappa shape index (κ1) is 21.7. The number of piperazine rings is 1. The quantitative estimate of drug-likeness (QED) is 0.553. The highest BCUT2D eigenvalue weighted by Crippen LogP contribution is 2.24. The number of benzene rings is 1. The maximum absolute atomic E-state index is 12.9. The first-order chi connectivity index (χ1) is 13.2. The molecule has 1 amide bonds. The zero-order chi connectivity index (χ0) is 20.9. The van der Waals surface area contributed by atoms with Gasteiger partial charge in [0.2, 0.25) is 15.9 Å². The van der Waals surface area contributed by atoms with Gasteiger partial charge in [-0.05, 0) is 37.6 Å². The maximum atomic E-state index is 12.9. The number of carboxylic acid groups (broad SMARTS) is 1. The second-order valence-electron chi connectivity index (χ2n) is 6.19. The van der Waals surface area contributed by atoms with E-state index < -0.39 is 46.6 Å². The molecule has 1 saturated heterocycles. The molecule has 9 nitrogen and oxygen atoms in total. The maximum Gasteiger partial charge on any atom is 0.324 e. The van der Waals surface area contributed by atoms with Crippen molar-refractivity contribution in [1.29, 1.82) is 0 Å². The summed E-state index contributed by atoms with van der Waals surface area (Å²) in [5, 5.41) is 21.2. The topological polar surface area (TPSA) is 133 Å². The number of hydrogen-bond donors (Lipinski definition) is 3. The molecule has 1 aromatic carbocycles. The summed E-state index contributed by atoms with van der Waals surface area (Å²) in [6.45, 7) is 2.68. The molecular formula is C18H22N2O7S. The lowest BCUT2D eigenvalue weighted by molar-refractivity contribution is -0.144. The number of carbonyl (C=O) groups excluding carboxylic acids is 1. The van der Waals surface area contributed by atoms with E-state index in [1.54, 1.807) is 6.92 Å². The van der Waals surface area contributed by atoms with Crippen molar-refractivity contribution in [1.82, 2.24) is 9.62 Å². The van der Waals surface area contributed by atoms with Gasteiger partial charge in [-0.2, -0.15) is 4.31 Å². The lowest BCUT2D eigenvalue weighted by atomic mass is 10.1. The zero-order valence-corrected chi connectivity index (χ0v) is 16.3. The molecule has 3 unspecified atom stereocenters. The molecule has 2 rings (SSSR count). The van der Waals surface area contributed by atoms with E-state index in [-0.39, 0.29) is 11.5 Å². The number of sulfonamides is 1. The van der Waals surface area contributed by atoms with Gasteiger partial charge in [0, 0.05) is 0 Å². The van der Waals surface area contributed by atoms with Crippen molar-refractivity contribution in [3.63, 3.8) is 0 Å². The minimum absolute atomic E-state index is 0.0219. The molecule has 0 spiro atoms. The SMILES string of the molecule is CCC(O)C#CCOc1ccc(S(=O)(=O)N2CC(=O)NC(C)C2C(=O)O)cc1. The summed E-state index contributed by atoms with van der Waals surface area (Å²) in [6.07, 6.45) is -0.216. The monoisotopic (exact) mass is 410 g/mol. The Kier molecular flexibility index (Phi) is 7.01. The fraction of sp³-hybridized carbons (Fsp3) is 0.444. The predicted molar refractivity (Wildman–Crippen MR) is 98.9 cm³/mol. The summed E-state index contributed by atoms with van der Waals surface area (Å²) in [6, 6.07) is 3.10. The summed E-state index contributed by atoms with van der Waals surface area (Å²) in [7, 11) is -4.20. The highest BCUT2D eigenvalue weighted by atomic mass is 32.2. The molecule has 1 aromatic rings. The van der Waals surface area contributed by atoms with Crippen LogP contribution in [0.25, 0.3) is 0 Å². The van der Waals surface area contributed by atoms with E-state index in [1.807, 2.05) is 0 Å². The summed E-state index contributed by atoms with van der Waals surface area (Å²) >= 11 is 0. The molecule has 0 aromatic heterocycles. The Hall–Kier alpha value is -2.61. The number of carbonyl (C=O) groups is 2. The molecule has 0 saturated carbocycles. The number of aliphatic hydroxyl groups is 1. The first-order valence-corrected chi connectivity index (χ1v) is 10.0. The molecule has 0 aliphatic carbocycles. The summed E-state index contributed by atoms with van der Waals surface area (Å²) < 4.78 is 31.8. The van der Waals surface area contributed by atoms with E-state index in [4.69, 9.17) is 4.74 Å². The Balaban J connectivity index is 2.17. The van der Waals surface area contributed by atoms with Crippen LogP contribution in [0.5, 0.6) is 5.75 Å². The highest BCUT2D eigenvalue weighted by Gasteiger charge is 2.44. The average Bonchev–Trinajstić information content (AvgIpc) is 2.64. The third-order valence-electron chi connectivity index (χ3n) is 4.12. The summed E-state index contributed by atoms with van der Waals surface area (Å²) in [5.41, 5.74) is 0. The van der Waals surface area contributed by atoms with Crippen molar-refractivity contribution in [2.75, 3.05) is 13.2 Å². The van der Waals surface area contributed by atoms with E-state index >= 15 is 0 Å². The molecule has 1 fully saturated rings. The fourth-order valence-corrected chi connectivity index (χ4v) is 4.27. The van der Waals surface area contributed by atoms with E-state index in [2.05, 4.69) is 17.2 Å². The Bertz CT molecular complexity index is 887. The third kappa shape index (κ3) is 5.01. The molecule has 0 bridgehead atoms. The van der Waals surface area contributed by atoms with Crippen LogP contribution in [0.3, 0.4) is 0 Å². The molecule has 3 N–H and O–H groups in total. The molecule has 1 aliphatic heterocycles. The van der Waals surface area contributed by atoms with Crippen molar-refractivity contribution in [2.24, 2.45) is 0 Å². The number of hydrogen-bond acceptors (Lipinski definition) is 6. The summed E-state index contributed by atoms with van der Waals surface area (Å²) in [4.78, 5) is 23.1. The third-order valence-corrected chi connectivity index (χ3v) is 5.96. The van der Waals surface area contributed by atoms with Crippen molar-refractivity contribution < 1.29 is 33.0 Å². The molecular weight excluding hydrogens is 388 g/mol. The van der Waals surface area contributed by atoms with Gasteiger partial charge in [0.15, 0.2) is 0 Å². The minimum Gasteiger partial charge on any atom is -0.481 e. The second-order valence-corrected chi connectivity index (χ2v) is 8.09. The number of ether oxygens (including phenoxy) is 1. The zero-order valence-electron chi connectivity index (χ0n) is 15.5. The smallest absolute Gasteiger partial charge is 0.324 e. The minimum atomic E-state index is -4.20. The number of nitrogens with zero attached hydrogens (tertiary/aromatic N) is 1. The lowest BCUT2D eigenvalue weighted by Crippen LogP contribution is -2.63. The molecule has 3 atom stereocenters. The second kappa shape index (κ2) is 9.05. The van der Waals surface area contributed by atoms with Crippen LogP contribution < -0.4 is 10.1 Å². The van der Waals surface area contributed by atoms with Gasteiger partial charge in [0.25, 0.3) is 0 Å². The van der Waals surface area contributed by atoms with E-state index in [9.17, 15) is 28.2 Å². The average molecular weight is 410 g/mol. The van der Waals surface area contributed by atoms with Crippen LogP contribution in [0.4, 0.5) is 0 Å². The van der Waals surface area contributed by atoms with Gasteiger partial charge in [-0.1, -0.05) is 18.8 Å². The van der Waals surface area contributed by atoms with Gasteiger partial charge in [-0.3, -0.25) is 9.59 Å². The Labute approximate surface area is 163 Å². The van der Waals surface area contributed by atoms with Crippen LogP contribution in [0.15, 0.2) is 29.2 Å². The van der Waals surface area contributed by atoms with E-state index in [0.717, 1.165) is 0 Å². The standard InChI is InChI=1S/C18H22N2O7S/c1-3-13(21)5-4-10-27-14-6-8-15(9-7-14)28(25,26)20-11-16(22)19-12(2)17(20)18(23)24/h6-9,12-13,17,21H,3,10-11H2,1-2H3,(H,19,22)(H,23,24). The lowest BCUT2D eigenvalue weighted by Gasteiger charge is -2.36. The van der Waals surface area contributed by atoms with E-state index in [1.165, 1.54) is 31.2 Å². The molecule has 10 heteroatoms. The number of aliphatic hydroxyl groups excluding tert-OH is 1. The van der Waals surface area contributed by atoms with Crippen molar-refractivity contribution >= 4 is 21.9 Å². The predicted octanol–water partition coefficient (Wildman–Crippen LogP) is -0.198. The number of amides is 1. The van der Waals surface area contributed by atoms with Crippen molar-refractivity contribution in [2.45, 2.75) is 43.4 Å². The molecule has 28 heavy (non-hydrogen) atoms. The molecule has 1 heterocycles. The molecule has 0 radical (unpaired) electrons. The van der Waals surface area contributed by atoms with Crippen LogP contribution in [-0.4, -0.2) is 66.2 Å². The van der Waals surface area contributed by atoms with Crippen LogP contribution in [0.2, 0.25) is 0 Å². The largest absolute Gasteiger partial charge is 0.481 e. The normalized spacial score (nSPS) is 21.2. The van der Waals surface area contributed by atoms with Gasteiger partial charge in [-0.15, -0.1) is 0 Å². The van der Waals surface area contributed by atoms with E-state index in [0.29, 0.717) is 16.5 Å². The number of carboxylic acids is 1. The number of nitrogens with one attached hydrogen (secondary N) is 1.